The van der Waals surface area contributed by atoms with Crippen LogP contribution in [0.4, 0.5) is 13.2 Å². The summed E-state index contributed by atoms with van der Waals surface area (Å²) in [5.41, 5.74) is 1.99. The van der Waals surface area contributed by atoms with Gasteiger partial charge >= 0.3 is 6.18 Å². The second-order valence-electron chi connectivity index (χ2n) is 6.24. The van der Waals surface area contributed by atoms with Gasteiger partial charge in [-0.1, -0.05) is 20.4 Å². The van der Waals surface area contributed by atoms with Crippen LogP contribution in [0.1, 0.15) is 44.1 Å². The molecule has 0 spiro atoms. The Kier molecular flexibility index (Phi) is 4.08. The molecule has 0 fully saturated rings. The molecule has 1 aliphatic rings. The zero-order valence-corrected chi connectivity index (χ0v) is 12.7. The van der Waals surface area contributed by atoms with Crippen molar-refractivity contribution in [1.29, 1.82) is 0 Å². The van der Waals surface area contributed by atoms with Gasteiger partial charge in [-0.25, -0.2) is 0 Å². The molecule has 1 aromatic heterocycles. The maximum atomic E-state index is 12.7. The number of ether oxygens (including phenoxy) is 1. The van der Waals surface area contributed by atoms with Gasteiger partial charge in [-0.05, 0) is 31.6 Å². The van der Waals surface area contributed by atoms with E-state index in [1.54, 1.807) is 0 Å². The number of hydrogen-bond acceptors (Lipinski definition) is 2. The van der Waals surface area contributed by atoms with Crippen LogP contribution in [0.5, 0.6) is 0 Å². The number of nitrogens with zero attached hydrogens (tertiary/aromatic N) is 2. The van der Waals surface area contributed by atoms with Crippen molar-refractivity contribution < 1.29 is 17.9 Å². The van der Waals surface area contributed by atoms with E-state index in [1.165, 1.54) is 0 Å². The molecule has 0 aliphatic heterocycles. The van der Waals surface area contributed by atoms with Crippen LogP contribution in [0, 0.1) is 5.41 Å². The molecule has 0 unspecified atom stereocenters. The van der Waals surface area contributed by atoms with E-state index in [4.69, 9.17) is 4.74 Å². The van der Waals surface area contributed by atoms with Crippen LogP contribution in [0.15, 0.2) is 6.58 Å². The van der Waals surface area contributed by atoms with E-state index in [-0.39, 0.29) is 5.41 Å². The molecule has 6 heteroatoms. The molecule has 1 aliphatic carbocycles. The number of fused-ring (bicyclic) bond motifs is 1. The molecule has 0 aromatic carbocycles. The Bertz CT molecular complexity index is 544. The van der Waals surface area contributed by atoms with Crippen LogP contribution in [0.3, 0.4) is 0 Å². The molecular weight excluding hydrogens is 281 g/mol. The molecule has 0 saturated carbocycles. The predicted molar refractivity (Wildman–Crippen MR) is 74.7 cm³/mol. The van der Waals surface area contributed by atoms with Gasteiger partial charge in [-0.15, -0.1) is 0 Å². The van der Waals surface area contributed by atoms with Gasteiger partial charge in [0.15, 0.2) is 0 Å². The van der Waals surface area contributed by atoms with Crippen molar-refractivity contribution in [3.63, 3.8) is 0 Å². The van der Waals surface area contributed by atoms with E-state index < -0.39 is 12.7 Å². The summed E-state index contributed by atoms with van der Waals surface area (Å²) < 4.78 is 44.7. The highest BCUT2D eigenvalue weighted by Gasteiger charge is 2.36. The van der Waals surface area contributed by atoms with Crippen molar-refractivity contribution in [3.05, 3.63) is 23.5 Å². The Balaban J connectivity index is 2.44. The normalized spacial score (nSPS) is 17.4. The molecule has 0 bridgehead atoms. The van der Waals surface area contributed by atoms with Gasteiger partial charge in [0, 0.05) is 11.3 Å². The fourth-order valence-electron chi connectivity index (χ4n) is 2.77. The third-order valence-corrected chi connectivity index (χ3v) is 3.78. The van der Waals surface area contributed by atoms with Gasteiger partial charge in [0.25, 0.3) is 0 Å². The molecule has 0 atom stereocenters. The summed E-state index contributed by atoms with van der Waals surface area (Å²) in [6.45, 7) is 9.09. The quantitative estimate of drug-likeness (QED) is 0.787. The predicted octanol–water partition coefficient (Wildman–Crippen LogP) is 3.97. The summed E-state index contributed by atoms with van der Waals surface area (Å²) in [6, 6.07) is 0. The fraction of sp³-hybridized carbons (Fsp3) is 0.667. The molecule has 3 nitrogen and oxygen atoms in total. The van der Waals surface area contributed by atoms with Crippen LogP contribution in [0.2, 0.25) is 0 Å². The lowest BCUT2D eigenvalue weighted by molar-refractivity contribution is -0.143. The average Bonchev–Trinajstić information content (AvgIpc) is 2.64. The van der Waals surface area contributed by atoms with Crippen LogP contribution in [-0.4, -0.2) is 22.6 Å². The molecule has 2 rings (SSSR count). The number of aromatic nitrogens is 2. The highest BCUT2D eigenvalue weighted by molar-refractivity contribution is 5.59. The Hall–Kier alpha value is -1.46. The summed E-state index contributed by atoms with van der Waals surface area (Å²) in [7, 11) is 0. The Morgan fingerprint density at radius 3 is 2.67 bits per heavy atom. The second kappa shape index (κ2) is 5.39. The van der Waals surface area contributed by atoms with Crippen molar-refractivity contribution in [2.45, 2.75) is 52.8 Å². The lowest BCUT2D eigenvalue weighted by Gasteiger charge is -2.30. The van der Waals surface area contributed by atoms with E-state index in [9.17, 15) is 13.2 Å². The molecule has 118 valence electrons. The molecule has 21 heavy (non-hydrogen) atoms. The van der Waals surface area contributed by atoms with E-state index in [0.717, 1.165) is 16.7 Å². The molecule has 0 saturated heterocycles. The van der Waals surface area contributed by atoms with Crippen LogP contribution >= 0.6 is 0 Å². The minimum absolute atomic E-state index is 0.0133. The number of hydrogen-bond donors (Lipinski definition) is 0. The van der Waals surface area contributed by atoms with Crippen molar-refractivity contribution in [2.75, 3.05) is 6.61 Å². The molecule has 1 heterocycles. The van der Waals surface area contributed by atoms with Crippen molar-refractivity contribution >= 4 is 5.76 Å². The summed E-state index contributed by atoms with van der Waals surface area (Å²) in [5.74, 6) is 0.356. The summed E-state index contributed by atoms with van der Waals surface area (Å²) in [6.07, 6.45) is -2.07. The van der Waals surface area contributed by atoms with Gasteiger partial charge < -0.3 is 4.74 Å². The molecule has 1 aromatic rings. The SMILES string of the molecule is C=C(OCC)c1nn(CC(F)(F)F)c2c1CCC(C)(C)C2. The Morgan fingerprint density at radius 2 is 2.10 bits per heavy atom. The van der Waals surface area contributed by atoms with Gasteiger partial charge in [-0.3, -0.25) is 4.68 Å². The third-order valence-electron chi connectivity index (χ3n) is 3.78. The van der Waals surface area contributed by atoms with E-state index in [2.05, 4.69) is 25.5 Å². The number of halogens is 3. The molecule has 0 N–H and O–H groups in total. The average molecular weight is 302 g/mol. The van der Waals surface area contributed by atoms with Crippen LogP contribution in [-0.2, 0) is 24.1 Å². The highest BCUT2D eigenvalue weighted by atomic mass is 19.4. The van der Waals surface area contributed by atoms with E-state index >= 15 is 0 Å². The first-order valence-corrected chi connectivity index (χ1v) is 7.10. The van der Waals surface area contributed by atoms with Crippen molar-refractivity contribution in [2.24, 2.45) is 5.41 Å². The van der Waals surface area contributed by atoms with Gasteiger partial charge in [0.2, 0.25) is 0 Å². The van der Waals surface area contributed by atoms with E-state index in [1.807, 2.05) is 6.92 Å². The lowest BCUT2D eigenvalue weighted by Crippen LogP contribution is -2.27. The van der Waals surface area contributed by atoms with Crippen LogP contribution in [0.25, 0.3) is 5.76 Å². The zero-order valence-electron chi connectivity index (χ0n) is 12.7. The second-order valence-corrected chi connectivity index (χ2v) is 6.24. The zero-order chi connectivity index (χ0) is 15.8. The lowest BCUT2D eigenvalue weighted by atomic mass is 9.76. The Morgan fingerprint density at radius 1 is 1.43 bits per heavy atom. The third kappa shape index (κ3) is 3.60. The maximum Gasteiger partial charge on any atom is 0.408 e. The van der Waals surface area contributed by atoms with Gasteiger partial charge in [-0.2, -0.15) is 18.3 Å². The standard InChI is InChI=1S/C15H21F3N2O/c1-5-21-10(2)13-11-6-7-14(3,4)8-12(11)20(19-13)9-15(16,17)18/h2,5-9H2,1,3-4H3. The summed E-state index contributed by atoms with van der Waals surface area (Å²) >= 11 is 0. The summed E-state index contributed by atoms with van der Waals surface area (Å²) in [4.78, 5) is 0. The first-order valence-electron chi connectivity index (χ1n) is 7.10. The number of rotatable bonds is 4. The maximum absolute atomic E-state index is 12.7. The molecular formula is C15H21F3N2O. The first-order chi connectivity index (χ1) is 9.63. The monoisotopic (exact) mass is 302 g/mol. The molecule has 0 amide bonds. The van der Waals surface area contributed by atoms with Crippen molar-refractivity contribution in [3.8, 4) is 0 Å². The van der Waals surface area contributed by atoms with Crippen molar-refractivity contribution in [1.82, 2.24) is 9.78 Å². The first kappa shape index (κ1) is 15.9. The molecule has 0 radical (unpaired) electrons. The topological polar surface area (TPSA) is 27.1 Å². The van der Waals surface area contributed by atoms with Crippen LogP contribution < -0.4 is 0 Å². The Labute approximate surface area is 122 Å². The van der Waals surface area contributed by atoms with Gasteiger partial charge in [0.05, 0.1) is 6.61 Å². The van der Waals surface area contributed by atoms with Gasteiger partial charge in [0.1, 0.15) is 18.0 Å². The fourth-order valence-corrected chi connectivity index (χ4v) is 2.77. The van der Waals surface area contributed by atoms with E-state index in [0.29, 0.717) is 36.6 Å². The largest absolute Gasteiger partial charge is 0.492 e. The minimum atomic E-state index is -4.29. The minimum Gasteiger partial charge on any atom is -0.492 e. The summed E-state index contributed by atoms with van der Waals surface area (Å²) in [5, 5.41) is 4.13. The highest BCUT2D eigenvalue weighted by Crippen LogP contribution is 2.38. The number of alkyl halides is 3. The smallest absolute Gasteiger partial charge is 0.408 e.